The van der Waals surface area contributed by atoms with E-state index in [-0.39, 0.29) is 6.61 Å². The van der Waals surface area contributed by atoms with Crippen LogP contribution in [0.2, 0.25) is 5.02 Å². The van der Waals surface area contributed by atoms with E-state index in [2.05, 4.69) is 34.6 Å². The number of hydrogen-bond donors (Lipinski definition) is 3. The van der Waals surface area contributed by atoms with Gasteiger partial charge in [-0.2, -0.15) is 0 Å². The molecule has 0 spiro atoms. The Kier molecular flexibility index (Phi) is 8.35. The lowest BCUT2D eigenvalue weighted by molar-refractivity contribution is 0.198. The molecule has 1 aliphatic heterocycles. The van der Waals surface area contributed by atoms with Crippen molar-refractivity contribution < 1.29 is 5.11 Å². The summed E-state index contributed by atoms with van der Waals surface area (Å²) in [7, 11) is 0. The summed E-state index contributed by atoms with van der Waals surface area (Å²) in [6.07, 6.45) is 2.18. The van der Waals surface area contributed by atoms with Crippen molar-refractivity contribution in [2.45, 2.75) is 45.5 Å². The molecule has 0 aliphatic carbocycles. The summed E-state index contributed by atoms with van der Waals surface area (Å²) in [5, 5.41) is 17.2. The van der Waals surface area contributed by atoms with Crippen molar-refractivity contribution in [1.29, 1.82) is 0 Å². The number of nitrogens with one attached hydrogen (secondary N) is 2. The molecule has 2 aromatic carbocycles. The van der Waals surface area contributed by atoms with Gasteiger partial charge in [0, 0.05) is 37.2 Å². The molecule has 1 fully saturated rings. The number of aliphatic hydroxyl groups excluding tert-OH is 1. The van der Waals surface area contributed by atoms with E-state index in [1.807, 2.05) is 36.4 Å². The standard InChI is InChI=1S/C23H31ClN4O/c1-2-25-23(26-15-19-5-3-4-6-20(19)17-29)27-22-11-13-28(14-12-22)16-18-7-9-21(24)10-8-18/h3-10,22,29H,2,11-17H2,1H3,(H2,25,26,27). The highest BCUT2D eigenvalue weighted by Gasteiger charge is 2.20. The molecule has 1 heterocycles. The fraction of sp³-hybridized carbons (Fsp3) is 0.435. The Hall–Kier alpha value is -2.08. The predicted molar refractivity (Wildman–Crippen MR) is 120 cm³/mol. The van der Waals surface area contributed by atoms with Crippen LogP contribution in [0.15, 0.2) is 53.5 Å². The number of guanidine groups is 1. The summed E-state index contributed by atoms with van der Waals surface area (Å²) < 4.78 is 0. The summed E-state index contributed by atoms with van der Waals surface area (Å²) in [5.41, 5.74) is 3.30. The Bertz CT molecular complexity index is 786. The number of aliphatic hydroxyl groups is 1. The lowest BCUT2D eigenvalue weighted by Crippen LogP contribution is -2.48. The number of rotatable bonds is 7. The van der Waals surface area contributed by atoms with Crippen LogP contribution in [0.4, 0.5) is 0 Å². The Morgan fingerprint density at radius 1 is 1.10 bits per heavy atom. The van der Waals surface area contributed by atoms with Gasteiger partial charge < -0.3 is 15.7 Å². The third kappa shape index (κ3) is 6.74. The van der Waals surface area contributed by atoms with Crippen LogP contribution in [0, 0.1) is 0 Å². The van der Waals surface area contributed by atoms with Gasteiger partial charge in [-0.15, -0.1) is 0 Å². The highest BCUT2D eigenvalue weighted by Crippen LogP contribution is 2.16. The second-order valence-corrected chi connectivity index (χ2v) is 7.88. The number of piperidine rings is 1. The van der Waals surface area contributed by atoms with Crippen molar-refractivity contribution in [1.82, 2.24) is 15.5 Å². The number of likely N-dealkylation sites (tertiary alicyclic amines) is 1. The van der Waals surface area contributed by atoms with Crippen LogP contribution in [-0.2, 0) is 19.7 Å². The summed E-state index contributed by atoms with van der Waals surface area (Å²) >= 11 is 5.98. The number of benzene rings is 2. The average molecular weight is 415 g/mol. The van der Waals surface area contributed by atoms with Gasteiger partial charge in [-0.1, -0.05) is 48.0 Å². The van der Waals surface area contributed by atoms with Crippen molar-refractivity contribution >= 4 is 17.6 Å². The molecule has 3 N–H and O–H groups in total. The molecular formula is C23H31ClN4O. The molecular weight excluding hydrogens is 384 g/mol. The van der Waals surface area contributed by atoms with Gasteiger partial charge in [-0.3, -0.25) is 4.90 Å². The van der Waals surface area contributed by atoms with E-state index < -0.39 is 0 Å². The molecule has 0 amide bonds. The predicted octanol–water partition coefficient (Wildman–Crippen LogP) is 3.55. The molecule has 156 valence electrons. The second-order valence-electron chi connectivity index (χ2n) is 7.44. The van der Waals surface area contributed by atoms with E-state index in [4.69, 9.17) is 16.6 Å². The molecule has 0 atom stereocenters. The zero-order chi connectivity index (χ0) is 20.5. The number of nitrogens with zero attached hydrogens (tertiary/aromatic N) is 2. The van der Waals surface area contributed by atoms with Gasteiger partial charge in [0.05, 0.1) is 13.2 Å². The zero-order valence-electron chi connectivity index (χ0n) is 17.1. The minimum absolute atomic E-state index is 0.0434. The monoisotopic (exact) mass is 414 g/mol. The Morgan fingerprint density at radius 3 is 2.45 bits per heavy atom. The van der Waals surface area contributed by atoms with Crippen molar-refractivity contribution in [2.24, 2.45) is 4.99 Å². The first kappa shape index (κ1) is 21.6. The van der Waals surface area contributed by atoms with E-state index >= 15 is 0 Å². The summed E-state index contributed by atoms with van der Waals surface area (Å²) in [6.45, 7) is 6.59. The fourth-order valence-corrected chi connectivity index (χ4v) is 3.75. The first-order valence-corrected chi connectivity index (χ1v) is 10.7. The van der Waals surface area contributed by atoms with Gasteiger partial charge in [-0.05, 0) is 48.6 Å². The highest BCUT2D eigenvalue weighted by molar-refractivity contribution is 6.30. The van der Waals surface area contributed by atoms with Crippen LogP contribution in [0.1, 0.15) is 36.5 Å². The van der Waals surface area contributed by atoms with Crippen LogP contribution in [0.3, 0.4) is 0 Å². The summed E-state index contributed by atoms with van der Waals surface area (Å²) in [4.78, 5) is 7.23. The average Bonchev–Trinajstić information content (AvgIpc) is 2.75. The normalized spacial score (nSPS) is 16.0. The molecule has 3 rings (SSSR count). The molecule has 0 unspecified atom stereocenters. The van der Waals surface area contributed by atoms with E-state index in [1.165, 1.54) is 5.56 Å². The Balaban J connectivity index is 1.51. The smallest absolute Gasteiger partial charge is 0.191 e. The highest BCUT2D eigenvalue weighted by atomic mass is 35.5. The maximum Gasteiger partial charge on any atom is 0.191 e. The quantitative estimate of drug-likeness (QED) is 0.479. The maximum absolute atomic E-state index is 9.50. The molecule has 6 heteroatoms. The van der Waals surface area contributed by atoms with Gasteiger partial charge in [0.1, 0.15) is 0 Å². The lowest BCUT2D eigenvalue weighted by atomic mass is 10.0. The first-order valence-electron chi connectivity index (χ1n) is 10.4. The SMILES string of the molecule is CCNC(=NCc1ccccc1CO)NC1CCN(Cc2ccc(Cl)cc2)CC1. The molecule has 2 aromatic rings. The molecule has 0 saturated carbocycles. The minimum atomic E-state index is 0.0434. The third-order valence-corrected chi connectivity index (χ3v) is 5.54. The van der Waals surface area contributed by atoms with Crippen LogP contribution in [0.25, 0.3) is 0 Å². The maximum atomic E-state index is 9.50. The van der Waals surface area contributed by atoms with E-state index in [0.29, 0.717) is 12.6 Å². The van der Waals surface area contributed by atoms with E-state index in [0.717, 1.165) is 61.1 Å². The molecule has 5 nitrogen and oxygen atoms in total. The number of aliphatic imine (C=N–C) groups is 1. The van der Waals surface area contributed by atoms with Crippen molar-refractivity contribution in [2.75, 3.05) is 19.6 Å². The van der Waals surface area contributed by atoms with Gasteiger partial charge >= 0.3 is 0 Å². The van der Waals surface area contributed by atoms with Crippen molar-refractivity contribution in [3.63, 3.8) is 0 Å². The number of halogens is 1. The van der Waals surface area contributed by atoms with Crippen LogP contribution in [0.5, 0.6) is 0 Å². The van der Waals surface area contributed by atoms with Crippen molar-refractivity contribution in [3.8, 4) is 0 Å². The minimum Gasteiger partial charge on any atom is -0.392 e. The van der Waals surface area contributed by atoms with Gasteiger partial charge in [0.15, 0.2) is 5.96 Å². The molecule has 1 aliphatic rings. The summed E-state index contributed by atoms with van der Waals surface area (Å²) in [6, 6.07) is 16.4. The number of hydrogen-bond acceptors (Lipinski definition) is 3. The molecule has 0 aromatic heterocycles. The topological polar surface area (TPSA) is 59.9 Å². The van der Waals surface area contributed by atoms with Crippen LogP contribution < -0.4 is 10.6 Å². The lowest BCUT2D eigenvalue weighted by Gasteiger charge is -2.33. The molecule has 1 saturated heterocycles. The molecule has 29 heavy (non-hydrogen) atoms. The fourth-order valence-electron chi connectivity index (χ4n) is 3.63. The van der Waals surface area contributed by atoms with Crippen LogP contribution >= 0.6 is 11.6 Å². The van der Waals surface area contributed by atoms with Gasteiger partial charge in [-0.25, -0.2) is 4.99 Å². The largest absolute Gasteiger partial charge is 0.392 e. The second kappa shape index (κ2) is 11.2. The zero-order valence-corrected chi connectivity index (χ0v) is 17.8. The van der Waals surface area contributed by atoms with Gasteiger partial charge in [0.25, 0.3) is 0 Å². The Morgan fingerprint density at radius 2 is 1.79 bits per heavy atom. The van der Waals surface area contributed by atoms with E-state index in [1.54, 1.807) is 0 Å². The summed E-state index contributed by atoms with van der Waals surface area (Å²) in [5.74, 6) is 0.844. The Labute approximate surface area is 178 Å². The third-order valence-electron chi connectivity index (χ3n) is 5.29. The van der Waals surface area contributed by atoms with Crippen LogP contribution in [-0.4, -0.2) is 41.6 Å². The first-order chi connectivity index (χ1) is 14.2. The van der Waals surface area contributed by atoms with Gasteiger partial charge in [0.2, 0.25) is 0 Å². The molecule has 0 radical (unpaired) electrons. The molecule has 0 bridgehead atoms. The van der Waals surface area contributed by atoms with Crippen molar-refractivity contribution in [3.05, 3.63) is 70.2 Å². The van der Waals surface area contributed by atoms with E-state index in [9.17, 15) is 5.11 Å².